The van der Waals surface area contributed by atoms with Crippen molar-refractivity contribution in [3.63, 3.8) is 0 Å². The van der Waals surface area contributed by atoms with Crippen molar-refractivity contribution in [2.75, 3.05) is 0 Å². The van der Waals surface area contributed by atoms with Gasteiger partial charge in [-0.2, -0.15) is 13.2 Å². The van der Waals surface area contributed by atoms with Crippen LogP contribution in [0, 0.1) is 6.57 Å². The van der Waals surface area contributed by atoms with Gasteiger partial charge in [-0.25, -0.2) is 9.83 Å². The molecule has 0 fully saturated rings. The van der Waals surface area contributed by atoms with Crippen LogP contribution in [0.1, 0.15) is 31.9 Å². The number of halogens is 3. The van der Waals surface area contributed by atoms with Crippen molar-refractivity contribution in [2.45, 2.75) is 51.7 Å². The zero-order valence-electron chi connectivity index (χ0n) is 24.2. The Morgan fingerprint density at radius 2 is 1.74 bits per heavy atom. The van der Waals surface area contributed by atoms with Crippen molar-refractivity contribution < 1.29 is 22.0 Å². The molecule has 0 saturated carbocycles. The van der Waals surface area contributed by atoms with E-state index in [0.29, 0.717) is 28.2 Å². The summed E-state index contributed by atoms with van der Waals surface area (Å²) in [7, 11) is -0.382. The molecule has 3 aromatic carbocycles. The quantitative estimate of drug-likeness (QED) is 0.146. The van der Waals surface area contributed by atoms with Gasteiger partial charge in [-0.3, -0.25) is 0 Å². The number of aromatic nitrogens is 4. The lowest BCUT2D eigenvalue weighted by Gasteiger charge is -2.36. The van der Waals surface area contributed by atoms with Gasteiger partial charge in [0, 0.05) is 18.2 Å². The van der Waals surface area contributed by atoms with E-state index in [1.807, 2.05) is 19.2 Å². The smallest absolute Gasteiger partial charge is 0.420 e. The molecule has 0 spiro atoms. The van der Waals surface area contributed by atoms with Crippen molar-refractivity contribution in [1.82, 2.24) is 19.7 Å². The second-order valence-electron chi connectivity index (χ2n) is 11.7. The van der Waals surface area contributed by atoms with Gasteiger partial charge in [-0.1, -0.05) is 45.0 Å². The highest BCUT2D eigenvalue weighted by Crippen LogP contribution is 2.41. The van der Waals surface area contributed by atoms with Crippen molar-refractivity contribution in [3.05, 3.63) is 83.5 Å². The molecule has 0 unspecified atom stereocenters. The van der Waals surface area contributed by atoms with E-state index in [2.05, 4.69) is 53.9 Å². The summed E-state index contributed by atoms with van der Waals surface area (Å²) in [5.41, 5.74) is 2.48. The average molecular weight is 590 g/mol. The topological polar surface area (TPSA) is 70.3 Å². The second kappa shape index (κ2) is 10.5. The Balaban J connectivity index is 1.58. The molecule has 5 rings (SSSR count). The molecule has 0 amide bonds. The molecule has 0 aliphatic carbocycles. The number of alkyl halides is 3. The molecule has 216 valence electrons. The molecule has 0 aliphatic heterocycles. The molecule has 7 nitrogen and oxygen atoms in total. The summed E-state index contributed by atoms with van der Waals surface area (Å²) < 4.78 is 56.3. The number of fused-ring (bicyclic) bond motifs is 1. The fourth-order valence-corrected chi connectivity index (χ4v) is 5.33. The fraction of sp³-hybridized carbons (Fsp3) is 0.290. The predicted octanol–water partition coefficient (Wildman–Crippen LogP) is 9.05. The van der Waals surface area contributed by atoms with Gasteiger partial charge >= 0.3 is 6.18 Å². The summed E-state index contributed by atoms with van der Waals surface area (Å²) in [5.74, 6) is 0.642. The van der Waals surface area contributed by atoms with E-state index in [1.165, 1.54) is 0 Å². The minimum Gasteiger partial charge on any atom is -0.435 e. The molecule has 42 heavy (non-hydrogen) atoms. The van der Waals surface area contributed by atoms with Crippen LogP contribution in [0.15, 0.2) is 65.3 Å². The maximum absolute atomic E-state index is 14.2. The first-order valence-corrected chi connectivity index (χ1v) is 16.2. The number of hydrogen-bond acceptors (Lipinski definition) is 5. The number of hydrogen-bond donors (Lipinski definition) is 0. The van der Waals surface area contributed by atoms with Gasteiger partial charge in [0.05, 0.1) is 13.2 Å². The van der Waals surface area contributed by atoms with Crippen molar-refractivity contribution in [1.29, 1.82) is 0 Å². The lowest BCUT2D eigenvalue weighted by atomic mass is 9.97. The van der Waals surface area contributed by atoms with Crippen LogP contribution in [-0.4, -0.2) is 28.1 Å². The maximum Gasteiger partial charge on any atom is 0.420 e. The lowest BCUT2D eigenvalue weighted by molar-refractivity contribution is -0.136. The number of rotatable bonds is 6. The highest BCUT2D eigenvalue weighted by molar-refractivity contribution is 6.74. The van der Waals surface area contributed by atoms with Crippen molar-refractivity contribution in [3.8, 4) is 34.0 Å². The van der Waals surface area contributed by atoms with Crippen LogP contribution in [-0.2, 0) is 24.3 Å². The zero-order valence-corrected chi connectivity index (χ0v) is 25.2. The number of oxazole rings is 1. The monoisotopic (exact) mass is 589 g/mol. The summed E-state index contributed by atoms with van der Waals surface area (Å²) in [4.78, 5) is 8.02. The first-order valence-electron chi connectivity index (χ1n) is 13.3. The van der Waals surface area contributed by atoms with Crippen LogP contribution >= 0.6 is 0 Å². The molecule has 0 saturated heterocycles. The van der Waals surface area contributed by atoms with Gasteiger partial charge in [0.15, 0.2) is 25.4 Å². The normalized spacial score (nSPS) is 12.6. The zero-order chi connectivity index (χ0) is 30.4. The van der Waals surface area contributed by atoms with Crippen molar-refractivity contribution in [2.24, 2.45) is 7.05 Å². The predicted molar refractivity (Wildman–Crippen MR) is 158 cm³/mol. The van der Waals surface area contributed by atoms with Crippen LogP contribution < -0.4 is 0 Å². The Kier molecular flexibility index (Phi) is 7.33. The Labute approximate surface area is 242 Å². The van der Waals surface area contributed by atoms with Crippen LogP contribution in [0.5, 0.6) is 0 Å². The first-order chi connectivity index (χ1) is 19.7. The van der Waals surface area contributed by atoms with Gasteiger partial charge in [0.2, 0.25) is 5.89 Å². The van der Waals surface area contributed by atoms with Crippen LogP contribution in [0.3, 0.4) is 0 Å². The molecule has 0 bridgehead atoms. The molecule has 0 radical (unpaired) electrons. The molecular weight excluding hydrogens is 559 g/mol. The van der Waals surface area contributed by atoms with E-state index >= 15 is 0 Å². The third kappa shape index (κ3) is 5.60. The molecule has 0 aliphatic rings. The van der Waals surface area contributed by atoms with Gasteiger partial charge in [0.1, 0.15) is 17.4 Å². The summed E-state index contributed by atoms with van der Waals surface area (Å²) >= 11 is 0. The van der Waals surface area contributed by atoms with Crippen molar-refractivity contribution >= 4 is 25.1 Å². The largest absolute Gasteiger partial charge is 0.435 e. The average Bonchev–Trinajstić information content (AvgIpc) is 3.56. The first kappa shape index (κ1) is 29.2. The van der Waals surface area contributed by atoms with E-state index < -0.39 is 20.1 Å². The van der Waals surface area contributed by atoms with E-state index in [1.54, 1.807) is 47.3 Å². The fourth-order valence-electron chi connectivity index (χ4n) is 4.37. The number of aryl methyl sites for hydroxylation is 1. The highest BCUT2D eigenvalue weighted by Gasteiger charge is 2.38. The Bertz CT molecular complexity index is 1830. The number of benzene rings is 3. The molecule has 5 aromatic rings. The summed E-state index contributed by atoms with van der Waals surface area (Å²) in [5, 5.41) is 8.09. The number of nitrogens with zero attached hydrogens (tertiary/aromatic N) is 5. The Hall–Kier alpha value is -4.27. The van der Waals surface area contributed by atoms with E-state index in [0.717, 1.165) is 17.2 Å². The van der Waals surface area contributed by atoms with Gasteiger partial charge in [0.25, 0.3) is 0 Å². The Morgan fingerprint density at radius 3 is 2.38 bits per heavy atom. The highest BCUT2D eigenvalue weighted by atomic mass is 28.4. The summed E-state index contributed by atoms with van der Waals surface area (Å²) in [6.45, 7) is 17.8. The Morgan fingerprint density at radius 1 is 1.00 bits per heavy atom. The van der Waals surface area contributed by atoms with Gasteiger partial charge < -0.3 is 13.4 Å². The molecule has 2 heterocycles. The SMILES string of the molecule is [C-]#[N+]c1ccc(-c2cccc(-c3nc4cc(CO[Si](C)(C)C(C)(C)C)cc(C(F)(F)F)c4o3)c2)c(-c2nncn2C)c1. The van der Waals surface area contributed by atoms with Gasteiger partial charge in [-0.05, 0) is 65.2 Å². The molecule has 11 heteroatoms. The summed E-state index contributed by atoms with van der Waals surface area (Å²) in [6.07, 6.45) is -3.07. The molecular formula is C31H30F3N5O2Si. The minimum atomic E-state index is -4.64. The van der Waals surface area contributed by atoms with Crippen LogP contribution in [0.2, 0.25) is 18.1 Å². The van der Waals surface area contributed by atoms with Crippen LogP contribution in [0.4, 0.5) is 18.9 Å². The third-order valence-electron chi connectivity index (χ3n) is 7.77. The summed E-state index contributed by atoms with van der Waals surface area (Å²) in [6, 6.07) is 15.1. The maximum atomic E-state index is 14.2. The molecule has 0 atom stereocenters. The van der Waals surface area contributed by atoms with Gasteiger partial charge in [-0.15, -0.1) is 10.2 Å². The lowest BCUT2D eigenvalue weighted by Crippen LogP contribution is -2.40. The standard InChI is InChI=1S/C31H30F3N5O2Si/c1-30(2,3)42(6,7)40-17-19-13-25(31(32,33)34)27-26(14-19)37-29(41-27)21-10-8-9-20(15-21)23-12-11-22(35-4)16-24(23)28-38-36-18-39(28)5/h8-16,18H,17H2,1-3,5-7H3. The molecule has 0 N–H and O–H groups in total. The third-order valence-corrected chi connectivity index (χ3v) is 12.2. The van der Waals surface area contributed by atoms with E-state index in [9.17, 15) is 13.2 Å². The van der Waals surface area contributed by atoms with E-state index in [-0.39, 0.29) is 28.6 Å². The molecule has 2 aromatic heterocycles. The second-order valence-corrected chi connectivity index (χ2v) is 16.6. The minimum absolute atomic E-state index is 0.0542. The van der Waals surface area contributed by atoms with Crippen LogP contribution in [0.25, 0.3) is 49.9 Å². The van der Waals surface area contributed by atoms with E-state index in [4.69, 9.17) is 15.4 Å².